The van der Waals surface area contributed by atoms with Gasteiger partial charge in [-0.05, 0) is 24.5 Å². The molecule has 1 aromatic carbocycles. The molecule has 1 aliphatic carbocycles. The predicted octanol–water partition coefficient (Wildman–Crippen LogP) is 3.06. The van der Waals surface area contributed by atoms with Gasteiger partial charge in [-0.3, -0.25) is 0 Å². The van der Waals surface area contributed by atoms with E-state index < -0.39 is 5.60 Å². The summed E-state index contributed by atoms with van der Waals surface area (Å²) in [6.45, 7) is 1.93. The standard InChI is InChI=1S/C14H16O2/c1-2-14(16)10-6-9-12(15)13(14)11-7-4-3-5-8-11/h3-9,15-16H,2,10H2,1H3. The summed E-state index contributed by atoms with van der Waals surface area (Å²) in [7, 11) is 0. The second kappa shape index (κ2) is 4.14. The molecule has 0 fully saturated rings. The quantitative estimate of drug-likeness (QED) is 0.797. The largest absolute Gasteiger partial charge is 0.508 e. The van der Waals surface area contributed by atoms with Gasteiger partial charge in [0.25, 0.3) is 0 Å². The Morgan fingerprint density at radius 1 is 1.25 bits per heavy atom. The highest BCUT2D eigenvalue weighted by Gasteiger charge is 2.33. The number of rotatable bonds is 2. The smallest absolute Gasteiger partial charge is 0.121 e. The zero-order valence-electron chi connectivity index (χ0n) is 9.35. The molecule has 2 N–H and O–H groups in total. The number of hydrogen-bond donors (Lipinski definition) is 2. The van der Waals surface area contributed by atoms with Gasteiger partial charge in [-0.15, -0.1) is 0 Å². The minimum Gasteiger partial charge on any atom is -0.508 e. The summed E-state index contributed by atoms with van der Waals surface area (Å²) in [6, 6.07) is 9.55. The first-order chi connectivity index (χ1) is 7.67. The second-order valence-corrected chi connectivity index (χ2v) is 4.12. The van der Waals surface area contributed by atoms with Gasteiger partial charge in [0.05, 0.1) is 5.60 Å². The summed E-state index contributed by atoms with van der Waals surface area (Å²) in [4.78, 5) is 0. The van der Waals surface area contributed by atoms with Crippen LogP contribution in [0.1, 0.15) is 25.3 Å². The predicted molar refractivity (Wildman–Crippen MR) is 65.0 cm³/mol. The van der Waals surface area contributed by atoms with Crippen LogP contribution in [-0.4, -0.2) is 15.8 Å². The summed E-state index contributed by atoms with van der Waals surface area (Å²) in [5.74, 6) is 0.168. The van der Waals surface area contributed by atoms with E-state index in [1.54, 1.807) is 6.08 Å². The third-order valence-electron chi connectivity index (χ3n) is 3.10. The molecule has 0 saturated heterocycles. The zero-order valence-corrected chi connectivity index (χ0v) is 9.35. The maximum atomic E-state index is 10.5. The first-order valence-electron chi connectivity index (χ1n) is 5.55. The summed E-state index contributed by atoms with van der Waals surface area (Å²) in [6.07, 6.45) is 4.61. The number of hydrogen-bond acceptors (Lipinski definition) is 2. The highest BCUT2D eigenvalue weighted by molar-refractivity contribution is 5.76. The lowest BCUT2D eigenvalue weighted by Gasteiger charge is -2.31. The van der Waals surface area contributed by atoms with E-state index in [4.69, 9.17) is 0 Å². The first kappa shape index (κ1) is 11.0. The van der Waals surface area contributed by atoms with Crippen molar-refractivity contribution < 1.29 is 10.2 Å². The highest BCUT2D eigenvalue weighted by Crippen LogP contribution is 2.38. The van der Waals surface area contributed by atoms with Crippen molar-refractivity contribution in [2.45, 2.75) is 25.4 Å². The fourth-order valence-electron chi connectivity index (χ4n) is 2.13. The lowest BCUT2D eigenvalue weighted by Crippen LogP contribution is -2.31. The van der Waals surface area contributed by atoms with Crippen LogP contribution in [0.4, 0.5) is 0 Å². The van der Waals surface area contributed by atoms with Crippen LogP contribution in [0.3, 0.4) is 0 Å². The summed E-state index contributed by atoms with van der Waals surface area (Å²) >= 11 is 0. The van der Waals surface area contributed by atoms with Gasteiger partial charge in [-0.25, -0.2) is 0 Å². The Labute approximate surface area is 95.6 Å². The van der Waals surface area contributed by atoms with E-state index in [2.05, 4.69) is 0 Å². The topological polar surface area (TPSA) is 40.5 Å². The van der Waals surface area contributed by atoms with E-state index in [9.17, 15) is 10.2 Å². The first-order valence-corrected chi connectivity index (χ1v) is 5.55. The van der Waals surface area contributed by atoms with Gasteiger partial charge in [0.2, 0.25) is 0 Å². The molecule has 0 saturated carbocycles. The van der Waals surface area contributed by atoms with Crippen LogP contribution in [0.5, 0.6) is 0 Å². The summed E-state index contributed by atoms with van der Waals surface area (Å²) in [5, 5.41) is 20.4. The molecule has 0 spiro atoms. The zero-order chi connectivity index (χ0) is 11.6. The molecule has 1 unspecified atom stereocenters. The van der Waals surface area contributed by atoms with Crippen LogP contribution in [0, 0.1) is 0 Å². The molecule has 0 heterocycles. The maximum Gasteiger partial charge on any atom is 0.121 e. The average molecular weight is 216 g/mol. The molecule has 2 nitrogen and oxygen atoms in total. The Balaban J connectivity index is 2.54. The van der Waals surface area contributed by atoms with Crippen LogP contribution < -0.4 is 0 Å². The second-order valence-electron chi connectivity index (χ2n) is 4.12. The number of aliphatic hydroxyl groups excluding tert-OH is 1. The summed E-state index contributed by atoms with van der Waals surface area (Å²) in [5.41, 5.74) is 0.576. The van der Waals surface area contributed by atoms with E-state index in [1.165, 1.54) is 0 Å². The Bertz CT molecular complexity index is 431. The number of benzene rings is 1. The van der Waals surface area contributed by atoms with Crippen molar-refractivity contribution in [3.63, 3.8) is 0 Å². The highest BCUT2D eigenvalue weighted by atomic mass is 16.3. The van der Waals surface area contributed by atoms with Gasteiger partial charge in [0, 0.05) is 5.57 Å². The molecular formula is C14H16O2. The number of allylic oxidation sites excluding steroid dienone is 1. The van der Waals surface area contributed by atoms with Crippen LogP contribution in [0.2, 0.25) is 0 Å². The van der Waals surface area contributed by atoms with Gasteiger partial charge >= 0.3 is 0 Å². The normalized spacial score (nSPS) is 24.9. The third kappa shape index (κ3) is 1.76. The van der Waals surface area contributed by atoms with Gasteiger partial charge in [0.1, 0.15) is 5.76 Å². The van der Waals surface area contributed by atoms with Gasteiger partial charge in [-0.1, -0.05) is 43.3 Å². The minimum atomic E-state index is -0.944. The van der Waals surface area contributed by atoms with E-state index in [1.807, 2.05) is 43.3 Å². The Kier molecular flexibility index (Phi) is 2.84. The fraction of sp³-hybridized carbons (Fsp3) is 0.286. The molecule has 1 aromatic rings. The molecule has 1 atom stereocenters. The SMILES string of the molecule is CCC1(O)CC=CC(O)=C1c1ccccc1. The van der Waals surface area contributed by atoms with Gasteiger partial charge in [-0.2, -0.15) is 0 Å². The van der Waals surface area contributed by atoms with Crippen LogP contribution in [0.25, 0.3) is 5.57 Å². The van der Waals surface area contributed by atoms with E-state index in [0.717, 1.165) is 5.56 Å². The molecule has 0 bridgehead atoms. The van der Waals surface area contributed by atoms with Crippen LogP contribution >= 0.6 is 0 Å². The van der Waals surface area contributed by atoms with Crippen LogP contribution in [-0.2, 0) is 0 Å². The van der Waals surface area contributed by atoms with Crippen molar-refractivity contribution in [3.8, 4) is 0 Å². The molecular weight excluding hydrogens is 200 g/mol. The van der Waals surface area contributed by atoms with E-state index in [-0.39, 0.29) is 5.76 Å². The van der Waals surface area contributed by atoms with Crippen molar-refractivity contribution in [1.82, 2.24) is 0 Å². The molecule has 1 aliphatic rings. The molecule has 0 aliphatic heterocycles. The third-order valence-corrected chi connectivity index (χ3v) is 3.10. The lowest BCUT2D eigenvalue weighted by atomic mass is 9.80. The molecule has 84 valence electrons. The van der Waals surface area contributed by atoms with Crippen molar-refractivity contribution in [3.05, 3.63) is 53.8 Å². The molecule has 2 heteroatoms. The molecule has 16 heavy (non-hydrogen) atoms. The van der Waals surface area contributed by atoms with Crippen molar-refractivity contribution >= 4 is 5.57 Å². The minimum absolute atomic E-state index is 0.168. The van der Waals surface area contributed by atoms with Gasteiger partial charge in [0.15, 0.2) is 0 Å². The fourth-order valence-corrected chi connectivity index (χ4v) is 2.13. The maximum absolute atomic E-state index is 10.5. The lowest BCUT2D eigenvalue weighted by molar-refractivity contribution is 0.0962. The van der Waals surface area contributed by atoms with Gasteiger partial charge < -0.3 is 10.2 Å². The Hall–Kier alpha value is -1.54. The molecule has 0 amide bonds. The van der Waals surface area contributed by atoms with Crippen molar-refractivity contribution in [1.29, 1.82) is 0 Å². The molecule has 0 aromatic heterocycles. The molecule has 0 radical (unpaired) electrons. The Morgan fingerprint density at radius 2 is 1.94 bits per heavy atom. The monoisotopic (exact) mass is 216 g/mol. The number of aliphatic hydroxyl groups is 2. The van der Waals surface area contributed by atoms with E-state index in [0.29, 0.717) is 18.4 Å². The van der Waals surface area contributed by atoms with Crippen molar-refractivity contribution in [2.75, 3.05) is 0 Å². The Morgan fingerprint density at radius 3 is 2.56 bits per heavy atom. The van der Waals surface area contributed by atoms with Crippen molar-refractivity contribution in [2.24, 2.45) is 0 Å². The summed E-state index contributed by atoms with van der Waals surface area (Å²) < 4.78 is 0. The molecule has 2 rings (SSSR count). The van der Waals surface area contributed by atoms with Crippen LogP contribution in [0.15, 0.2) is 48.2 Å². The average Bonchev–Trinajstić information content (AvgIpc) is 2.30. The van der Waals surface area contributed by atoms with E-state index >= 15 is 0 Å².